The van der Waals surface area contributed by atoms with Gasteiger partial charge in [0.1, 0.15) is 22.0 Å². The summed E-state index contributed by atoms with van der Waals surface area (Å²) in [5.74, 6) is 0.478. The van der Waals surface area contributed by atoms with Crippen LogP contribution in [-0.4, -0.2) is 50.0 Å². The lowest BCUT2D eigenvalue weighted by molar-refractivity contribution is -0.153. The molecule has 0 unspecified atom stereocenters. The van der Waals surface area contributed by atoms with Crippen molar-refractivity contribution in [3.63, 3.8) is 0 Å². The summed E-state index contributed by atoms with van der Waals surface area (Å²) >= 11 is 0.994. The zero-order chi connectivity index (χ0) is 26.9. The van der Waals surface area contributed by atoms with Gasteiger partial charge in [-0.05, 0) is 61.3 Å². The van der Waals surface area contributed by atoms with Crippen LogP contribution in [0.5, 0.6) is 5.75 Å². The maximum Gasteiger partial charge on any atom is 0.422 e. The Labute approximate surface area is 220 Å². The van der Waals surface area contributed by atoms with Gasteiger partial charge in [-0.25, -0.2) is 4.68 Å². The lowest BCUT2D eigenvalue weighted by atomic mass is 9.96. The van der Waals surface area contributed by atoms with Crippen molar-refractivity contribution in [2.24, 2.45) is 5.92 Å². The first-order chi connectivity index (χ1) is 18.2. The van der Waals surface area contributed by atoms with Gasteiger partial charge in [-0.15, -0.1) is 5.10 Å². The first kappa shape index (κ1) is 26.1. The number of anilines is 1. The Kier molecular flexibility index (Phi) is 7.37. The van der Waals surface area contributed by atoms with Crippen molar-refractivity contribution in [3.8, 4) is 5.75 Å². The average molecular weight is 549 g/mol. The molecule has 13 heteroatoms. The van der Waals surface area contributed by atoms with Gasteiger partial charge in [0.25, 0.3) is 11.8 Å². The number of benzene rings is 1. The second kappa shape index (κ2) is 10.7. The molecule has 2 aromatic heterocycles. The second-order valence-corrected chi connectivity index (χ2v) is 10.5. The number of alkyl halides is 3. The van der Waals surface area contributed by atoms with Crippen LogP contribution in [0.2, 0.25) is 0 Å². The predicted molar refractivity (Wildman–Crippen MR) is 133 cm³/mol. The summed E-state index contributed by atoms with van der Waals surface area (Å²) in [5.41, 5.74) is 2.30. The third-order valence-electron chi connectivity index (χ3n) is 6.65. The van der Waals surface area contributed by atoms with Gasteiger partial charge < -0.3 is 15.4 Å². The van der Waals surface area contributed by atoms with Crippen LogP contribution in [-0.2, 0) is 19.4 Å². The lowest BCUT2D eigenvalue weighted by Crippen LogP contribution is -2.41. The lowest BCUT2D eigenvalue weighted by Gasteiger charge is -2.23. The number of carbonyl (C=O) groups excluding carboxylic acids is 2. The third kappa shape index (κ3) is 6.32. The summed E-state index contributed by atoms with van der Waals surface area (Å²) in [6.45, 7) is 0.947. The van der Waals surface area contributed by atoms with Crippen LogP contribution in [0.3, 0.4) is 0 Å². The first-order valence-electron chi connectivity index (χ1n) is 12.5. The zero-order valence-electron chi connectivity index (χ0n) is 20.7. The summed E-state index contributed by atoms with van der Waals surface area (Å²) in [5, 5.41) is 14.5. The van der Waals surface area contributed by atoms with E-state index in [1.807, 2.05) is 6.07 Å². The molecule has 1 aliphatic heterocycles. The molecule has 1 saturated carbocycles. The highest BCUT2D eigenvalue weighted by Gasteiger charge is 2.33. The van der Waals surface area contributed by atoms with E-state index in [1.165, 1.54) is 18.9 Å². The van der Waals surface area contributed by atoms with Gasteiger partial charge in [-0.2, -0.15) is 18.3 Å². The minimum Gasteiger partial charge on any atom is -0.484 e. The molecular formula is C25H27F3N6O3S. The van der Waals surface area contributed by atoms with E-state index in [9.17, 15) is 22.8 Å². The molecular weight excluding hydrogens is 521 g/mol. The number of nitrogens with zero attached hydrogens (tertiary/aromatic N) is 4. The number of fused-ring (bicyclic) bond motifs is 1. The fourth-order valence-corrected chi connectivity index (χ4v) is 5.06. The summed E-state index contributed by atoms with van der Waals surface area (Å²) in [4.78, 5) is 26.5. The highest BCUT2D eigenvalue weighted by atomic mass is 32.1. The van der Waals surface area contributed by atoms with E-state index in [0.29, 0.717) is 59.4 Å². The Balaban J connectivity index is 1.29. The quantitative estimate of drug-likeness (QED) is 0.390. The van der Waals surface area contributed by atoms with Gasteiger partial charge in [0.15, 0.2) is 6.61 Å². The third-order valence-corrected chi connectivity index (χ3v) is 7.47. The molecule has 1 fully saturated rings. The van der Waals surface area contributed by atoms with Crippen molar-refractivity contribution in [1.29, 1.82) is 0 Å². The monoisotopic (exact) mass is 548 g/mol. The number of halogens is 3. The van der Waals surface area contributed by atoms with Crippen molar-refractivity contribution in [1.82, 2.24) is 24.7 Å². The van der Waals surface area contributed by atoms with E-state index in [0.717, 1.165) is 23.5 Å². The molecule has 0 radical (unpaired) electrons. The number of hydrogen-bond acceptors (Lipinski definition) is 7. The number of carbonyl (C=O) groups is 2. The van der Waals surface area contributed by atoms with Gasteiger partial charge >= 0.3 is 6.18 Å². The van der Waals surface area contributed by atoms with Crippen molar-refractivity contribution in [2.75, 3.05) is 11.9 Å². The van der Waals surface area contributed by atoms with Crippen molar-refractivity contribution < 1.29 is 27.5 Å². The largest absolute Gasteiger partial charge is 0.484 e. The highest BCUT2D eigenvalue weighted by Crippen LogP contribution is 2.34. The number of aryl methyl sites for hydroxylation is 3. The van der Waals surface area contributed by atoms with Crippen LogP contribution in [0, 0.1) is 12.8 Å². The Bertz CT molecular complexity index is 1330. The van der Waals surface area contributed by atoms with Crippen LogP contribution in [0.1, 0.15) is 62.7 Å². The molecule has 2 amide bonds. The minimum atomic E-state index is -4.41. The standard InChI is InChI=1S/C25H27F3N6O3S/c1-14-21(38-33-31-14)24(36)30-22-20-19(32-34(22)10-9-15-5-6-15)12-17(29-23(20)35)8-7-16-3-2-4-18(11-16)37-13-25(26,27)28/h2-4,11,15,17H,5-10,12-13H2,1H3,(H,29,35)(H,30,36)/t17-/m0/s1. The molecule has 2 aliphatic rings. The molecule has 0 bridgehead atoms. The smallest absolute Gasteiger partial charge is 0.422 e. The Hall–Kier alpha value is -3.48. The molecule has 38 heavy (non-hydrogen) atoms. The molecule has 202 valence electrons. The van der Waals surface area contributed by atoms with Gasteiger partial charge in [-0.3, -0.25) is 9.59 Å². The zero-order valence-corrected chi connectivity index (χ0v) is 21.5. The predicted octanol–water partition coefficient (Wildman–Crippen LogP) is 4.32. The summed E-state index contributed by atoms with van der Waals surface area (Å²) in [7, 11) is 0. The maximum absolute atomic E-state index is 13.2. The van der Waals surface area contributed by atoms with Crippen molar-refractivity contribution in [2.45, 2.75) is 64.2 Å². The van der Waals surface area contributed by atoms with Crippen LogP contribution in [0.25, 0.3) is 0 Å². The topological polar surface area (TPSA) is 111 Å². The SMILES string of the molecule is Cc1nnsc1C(=O)Nc1c2c(nn1CCC1CC1)C[C@H](CCc1cccc(OCC(F)(F)F)c1)NC2=O. The highest BCUT2D eigenvalue weighted by molar-refractivity contribution is 7.08. The van der Waals surface area contributed by atoms with E-state index >= 15 is 0 Å². The van der Waals surface area contributed by atoms with E-state index in [-0.39, 0.29) is 23.6 Å². The normalized spacial score (nSPS) is 17.2. The summed E-state index contributed by atoms with van der Waals surface area (Å²) < 4.78 is 47.8. The van der Waals surface area contributed by atoms with Gasteiger partial charge in [0.2, 0.25) is 0 Å². The van der Waals surface area contributed by atoms with E-state index in [1.54, 1.807) is 23.7 Å². The molecule has 2 N–H and O–H groups in total. The summed E-state index contributed by atoms with van der Waals surface area (Å²) in [6, 6.07) is 6.32. The molecule has 1 aromatic carbocycles. The Morgan fingerprint density at radius 2 is 2.11 bits per heavy atom. The Morgan fingerprint density at radius 3 is 2.82 bits per heavy atom. The molecule has 0 saturated heterocycles. The van der Waals surface area contributed by atoms with Crippen LogP contribution in [0.15, 0.2) is 24.3 Å². The molecule has 5 rings (SSSR count). The number of ether oxygens (including phenoxy) is 1. The molecule has 9 nitrogen and oxygen atoms in total. The molecule has 0 spiro atoms. The minimum absolute atomic E-state index is 0.149. The van der Waals surface area contributed by atoms with Gasteiger partial charge in [0, 0.05) is 19.0 Å². The van der Waals surface area contributed by atoms with Crippen molar-refractivity contribution in [3.05, 3.63) is 51.7 Å². The molecule has 1 aliphatic carbocycles. The number of nitrogens with one attached hydrogen (secondary N) is 2. The first-order valence-corrected chi connectivity index (χ1v) is 13.2. The van der Waals surface area contributed by atoms with E-state index in [2.05, 4.69) is 20.2 Å². The van der Waals surface area contributed by atoms with Crippen LogP contribution >= 0.6 is 11.5 Å². The number of hydrogen-bond donors (Lipinski definition) is 2. The maximum atomic E-state index is 13.2. The number of aromatic nitrogens is 4. The average Bonchev–Trinajstić information content (AvgIpc) is 3.50. The molecule has 1 atom stereocenters. The molecule has 3 heterocycles. The second-order valence-electron chi connectivity index (χ2n) is 9.73. The Morgan fingerprint density at radius 1 is 1.29 bits per heavy atom. The van der Waals surface area contributed by atoms with Crippen molar-refractivity contribution >= 4 is 29.2 Å². The fraction of sp³-hybridized carbons (Fsp3) is 0.480. The number of rotatable bonds is 10. The van der Waals surface area contributed by atoms with Crippen LogP contribution < -0.4 is 15.4 Å². The fourth-order valence-electron chi connectivity index (χ4n) is 4.51. The number of amides is 2. The van der Waals surface area contributed by atoms with Gasteiger partial charge in [-0.1, -0.05) is 29.5 Å². The van der Waals surface area contributed by atoms with E-state index in [4.69, 9.17) is 9.84 Å². The van der Waals surface area contributed by atoms with Gasteiger partial charge in [0.05, 0.1) is 11.4 Å². The molecule has 3 aromatic rings. The van der Waals surface area contributed by atoms with Crippen LogP contribution in [0.4, 0.5) is 19.0 Å². The van der Waals surface area contributed by atoms with E-state index < -0.39 is 12.8 Å². The summed E-state index contributed by atoms with van der Waals surface area (Å²) in [6.07, 6.45) is 0.452.